The summed E-state index contributed by atoms with van der Waals surface area (Å²) in [6.07, 6.45) is 4.42. The van der Waals surface area contributed by atoms with Crippen LogP contribution >= 0.6 is 0 Å². The van der Waals surface area contributed by atoms with E-state index in [0.717, 1.165) is 5.75 Å². The molecule has 1 atom stereocenters. The third kappa shape index (κ3) is 1.46. The Hall–Kier alpha value is -1.24. The van der Waals surface area contributed by atoms with Gasteiger partial charge in [-0.05, 0) is 50.1 Å². The monoisotopic (exact) mass is 174 g/mol. The van der Waals surface area contributed by atoms with Gasteiger partial charge in [0.25, 0.3) is 0 Å². The predicted molar refractivity (Wildman–Crippen MR) is 55.0 cm³/mol. The van der Waals surface area contributed by atoms with Crippen molar-refractivity contribution in [3.63, 3.8) is 0 Å². The molecule has 0 amide bonds. The molecule has 68 valence electrons. The van der Waals surface area contributed by atoms with Crippen molar-refractivity contribution in [3.05, 3.63) is 34.9 Å². The molecule has 0 bridgehead atoms. The van der Waals surface area contributed by atoms with Gasteiger partial charge in [-0.3, -0.25) is 0 Å². The lowest BCUT2D eigenvalue weighted by Crippen LogP contribution is -2.12. The van der Waals surface area contributed by atoms with Crippen LogP contribution in [0, 0.1) is 13.8 Å². The third-order valence-electron chi connectivity index (χ3n) is 2.49. The number of hydrogen-bond acceptors (Lipinski definition) is 1. The van der Waals surface area contributed by atoms with Crippen molar-refractivity contribution >= 4 is 6.08 Å². The van der Waals surface area contributed by atoms with Crippen molar-refractivity contribution in [2.45, 2.75) is 26.9 Å². The van der Waals surface area contributed by atoms with Crippen LogP contribution in [-0.4, -0.2) is 6.10 Å². The maximum Gasteiger partial charge on any atom is 0.127 e. The van der Waals surface area contributed by atoms with E-state index in [2.05, 4.69) is 45.1 Å². The van der Waals surface area contributed by atoms with Gasteiger partial charge in [0.1, 0.15) is 11.9 Å². The summed E-state index contributed by atoms with van der Waals surface area (Å²) in [4.78, 5) is 0. The van der Waals surface area contributed by atoms with E-state index in [9.17, 15) is 0 Å². The smallest absolute Gasteiger partial charge is 0.127 e. The van der Waals surface area contributed by atoms with Crippen molar-refractivity contribution < 1.29 is 4.74 Å². The number of ether oxygens (including phenoxy) is 1. The first-order chi connectivity index (χ1) is 6.16. The van der Waals surface area contributed by atoms with Crippen LogP contribution in [0.15, 0.2) is 18.2 Å². The molecule has 0 saturated carbocycles. The van der Waals surface area contributed by atoms with Gasteiger partial charge >= 0.3 is 0 Å². The highest BCUT2D eigenvalue weighted by molar-refractivity contribution is 5.62. The van der Waals surface area contributed by atoms with E-state index in [1.165, 1.54) is 16.7 Å². The van der Waals surface area contributed by atoms with Crippen molar-refractivity contribution in [2.24, 2.45) is 0 Å². The van der Waals surface area contributed by atoms with Gasteiger partial charge in [-0.25, -0.2) is 0 Å². The van der Waals surface area contributed by atoms with E-state index in [-0.39, 0.29) is 6.10 Å². The normalized spacial score (nSPS) is 19.5. The van der Waals surface area contributed by atoms with Crippen LogP contribution in [0.3, 0.4) is 0 Å². The Labute approximate surface area is 79.0 Å². The number of fused-ring (bicyclic) bond motifs is 1. The van der Waals surface area contributed by atoms with Gasteiger partial charge in [-0.2, -0.15) is 0 Å². The zero-order valence-corrected chi connectivity index (χ0v) is 8.29. The lowest BCUT2D eigenvalue weighted by molar-refractivity contribution is 0.266. The van der Waals surface area contributed by atoms with Crippen molar-refractivity contribution in [3.8, 4) is 5.75 Å². The number of aryl methyl sites for hydroxylation is 2. The fraction of sp³-hybridized carbons (Fsp3) is 0.333. The zero-order chi connectivity index (χ0) is 9.42. The summed E-state index contributed by atoms with van der Waals surface area (Å²) < 4.78 is 5.68. The second-order valence-corrected chi connectivity index (χ2v) is 3.66. The molecule has 0 aliphatic carbocycles. The summed E-state index contributed by atoms with van der Waals surface area (Å²) in [5.74, 6) is 1.01. The van der Waals surface area contributed by atoms with Gasteiger partial charge in [-0.15, -0.1) is 0 Å². The Morgan fingerprint density at radius 1 is 1.15 bits per heavy atom. The highest BCUT2D eigenvalue weighted by Gasteiger charge is 2.11. The average molecular weight is 174 g/mol. The topological polar surface area (TPSA) is 9.23 Å². The van der Waals surface area contributed by atoms with Crippen LogP contribution in [0.25, 0.3) is 6.08 Å². The van der Waals surface area contributed by atoms with Gasteiger partial charge in [0.15, 0.2) is 0 Å². The van der Waals surface area contributed by atoms with E-state index in [1.807, 2.05) is 0 Å². The van der Waals surface area contributed by atoms with Gasteiger partial charge in [-0.1, -0.05) is 6.08 Å². The second kappa shape index (κ2) is 2.91. The first-order valence-electron chi connectivity index (χ1n) is 4.63. The molecule has 0 aromatic heterocycles. The number of hydrogen-bond donors (Lipinski definition) is 0. The highest BCUT2D eigenvalue weighted by atomic mass is 16.5. The van der Waals surface area contributed by atoms with Crippen molar-refractivity contribution in [1.29, 1.82) is 0 Å². The molecule has 1 nitrogen and oxygen atoms in total. The summed E-state index contributed by atoms with van der Waals surface area (Å²) in [6.45, 7) is 6.29. The second-order valence-electron chi connectivity index (χ2n) is 3.66. The van der Waals surface area contributed by atoms with Crippen molar-refractivity contribution in [2.75, 3.05) is 0 Å². The van der Waals surface area contributed by atoms with Crippen LogP contribution < -0.4 is 4.74 Å². The molecule has 1 heteroatoms. The standard InChI is InChI=1S/C12H14O/c1-8-6-11-5-4-10(3)13-12(11)7-9(8)2/h4-7,10H,1-3H3. The third-order valence-corrected chi connectivity index (χ3v) is 2.49. The van der Waals surface area contributed by atoms with Crippen LogP contribution in [0.2, 0.25) is 0 Å². The maximum absolute atomic E-state index is 5.68. The molecule has 1 aliphatic rings. The fourth-order valence-corrected chi connectivity index (χ4v) is 1.52. The zero-order valence-electron chi connectivity index (χ0n) is 8.29. The Bertz CT molecular complexity index is 364. The minimum Gasteiger partial charge on any atom is -0.486 e. The van der Waals surface area contributed by atoms with E-state index in [1.54, 1.807) is 0 Å². The lowest BCUT2D eigenvalue weighted by atomic mass is 10.0. The minimum atomic E-state index is 0.203. The highest BCUT2D eigenvalue weighted by Crippen LogP contribution is 2.28. The molecule has 1 aromatic rings. The van der Waals surface area contributed by atoms with Gasteiger partial charge in [0.2, 0.25) is 0 Å². The Morgan fingerprint density at radius 2 is 1.85 bits per heavy atom. The largest absolute Gasteiger partial charge is 0.486 e. The molecule has 0 saturated heterocycles. The minimum absolute atomic E-state index is 0.203. The fourth-order valence-electron chi connectivity index (χ4n) is 1.52. The maximum atomic E-state index is 5.68. The Morgan fingerprint density at radius 3 is 2.62 bits per heavy atom. The van der Waals surface area contributed by atoms with Gasteiger partial charge < -0.3 is 4.74 Å². The Kier molecular flexibility index (Phi) is 1.87. The summed E-state index contributed by atoms with van der Waals surface area (Å²) in [5.41, 5.74) is 3.81. The molecule has 2 rings (SSSR count). The molecule has 0 fully saturated rings. The SMILES string of the molecule is Cc1cc2c(cc1C)OC(C)C=C2. The summed E-state index contributed by atoms with van der Waals surface area (Å²) in [5, 5.41) is 0. The van der Waals surface area contributed by atoms with Gasteiger partial charge in [0.05, 0.1) is 0 Å². The molecule has 1 aliphatic heterocycles. The van der Waals surface area contributed by atoms with Crippen LogP contribution in [0.1, 0.15) is 23.6 Å². The van der Waals surface area contributed by atoms with Gasteiger partial charge in [0, 0.05) is 5.56 Å². The van der Waals surface area contributed by atoms with E-state index in [4.69, 9.17) is 4.74 Å². The molecule has 0 N–H and O–H groups in total. The first kappa shape index (κ1) is 8.36. The lowest BCUT2D eigenvalue weighted by Gasteiger charge is -2.19. The molecule has 13 heavy (non-hydrogen) atoms. The van der Waals surface area contributed by atoms with E-state index >= 15 is 0 Å². The predicted octanol–water partition coefficient (Wildman–Crippen LogP) is 3.10. The number of rotatable bonds is 0. The van der Waals surface area contributed by atoms with Crippen LogP contribution in [0.4, 0.5) is 0 Å². The summed E-state index contributed by atoms with van der Waals surface area (Å²) >= 11 is 0. The van der Waals surface area contributed by atoms with Crippen molar-refractivity contribution in [1.82, 2.24) is 0 Å². The molecular formula is C12H14O. The Balaban J connectivity index is 2.52. The van der Waals surface area contributed by atoms with E-state index in [0.29, 0.717) is 0 Å². The van der Waals surface area contributed by atoms with Crippen LogP contribution in [0.5, 0.6) is 5.75 Å². The quantitative estimate of drug-likeness (QED) is 0.587. The molecule has 1 heterocycles. The van der Waals surface area contributed by atoms with Crippen LogP contribution in [-0.2, 0) is 0 Å². The molecule has 0 radical (unpaired) electrons. The number of benzene rings is 1. The molecule has 1 unspecified atom stereocenters. The molecular weight excluding hydrogens is 160 g/mol. The molecule has 1 aromatic carbocycles. The van der Waals surface area contributed by atoms with E-state index < -0.39 is 0 Å². The molecule has 0 spiro atoms. The first-order valence-corrected chi connectivity index (χ1v) is 4.63. The summed E-state index contributed by atoms with van der Waals surface area (Å²) in [6, 6.07) is 4.29. The average Bonchev–Trinajstić information content (AvgIpc) is 2.08. The summed E-state index contributed by atoms with van der Waals surface area (Å²) in [7, 11) is 0.